The second-order valence-electron chi connectivity index (χ2n) is 4.17. The Morgan fingerprint density at radius 1 is 1.19 bits per heavy atom. The molecule has 0 bridgehead atoms. The molecule has 0 radical (unpaired) electrons. The number of allylic oxidation sites excluding steroid dienone is 2. The number of rotatable bonds is 4. The Kier molecular flexibility index (Phi) is 5.68. The van der Waals surface area contributed by atoms with Crippen molar-refractivity contribution in [1.82, 2.24) is 0 Å². The van der Waals surface area contributed by atoms with Gasteiger partial charge in [-0.2, -0.15) is 0 Å². The molecule has 3 heteroatoms. The minimum Gasteiger partial charge on any atom is -0.498 e. The average molecular weight is 224 g/mol. The number of esters is 1. The molecule has 0 atom stereocenters. The second-order valence-corrected chi connectivity index (χ2v) is 4.17. The van der Waals surface area contributed by atoms with E-state index in [-0.39, 0.29) is 5.97 Å². The van der Waals surface area contributed by atoms with Gasteiger partial charge in [-0.05, 0) is 44.3 Å². The van der Waals surface area contributed by atoms with Gasteiger partial charge < -0.3 is 9.47 Å². The van der Waals surface area contributed by atoms with Gasteiger partial charge in [0.2, 0.25) is 0 Å². The fourth-order valence-corrected chi connectivity index (χ4v) is 1.68. The fourth-order valence-electron chi connectivity index (χ4n) is 1.68. The predicted octanol–water partition coefficient (Wildman–Crippen LogP) is 3.32. The molecule has 1 fully saturated rings. The zero-order valence-electron chi connectivity index (χ0n) is 10.1. The van der Waals surface area contributed by atoms with E-state index in [1.165, 1.54) is 32.4 Å². The van der Waals surface area contributed by atoms with Gasteiger partial charge in [-0.25, -0.2) is 0 Å². The average Bonchev–Trinajstić information content (AvgIpc) is 2.27. The number of carbonyl (C=O) groups excluding carboxylic acids is 1. The van der Waals surface area contributed by atoms with E-state index in [2.05, 4.69) is 4.74 Å². The zero-order valence-corrected chi connectivity index (χ0v) is 10.1. The summed E-state index contributed by atoms with van der Waals surface area (Å²) in [5.41, 5.74) is 0.951. The van der Waals surface area contributed by atoms with Crippen molar-refractivity contribution in [3.05, 3.63) is 24.2 Å². The van der Waals surface area contributed by atoms with Gasteiger partial charge in [0.25, 0.3) is 0 Å². The molecule has 0 heterocycles. The van der Waals surface area contributed by atoms with Crippen LogP contribution in [-0.2, 0) is 14.3 Å². The summed E-state index contributed by atoms with van der Waals surface area (Å²) < 4.78 is 10.3. The molecule has 1 saturated carbocycles. The molecule has 0 N–H and O–H groups in total. The minimum absolute atomic E-state index is 0.308. The van der Waals surface area contributed by atoms with Gasteiger partial charge >= 0.3 is 5.97 Å². The molecule has 0 saturated heterocycles. The summed E-state index contributed by atoms with van der Waals surface area (Å²) >= 11 is 0. The third-order valence-corrected chi connectivity index (χ3v) is 2.56. The molecular formula is C13H20O3. The predicted molar refractivity (Wildman–Crippen MR) is 62.6 cm³/mol. The lowest BCUT2D eigenvalue weighted by molar-refractivity contribution is -0.135. The summed E-state index contributed by atoms with van der Waals surface area (Å²) in [7, 11) is 0. The summed E-state index contributed by atoms with van der Waals surface area (Å²) in [5.74, 6) is -0.308. The maximum atomic E-state index is 10.5. The first kappa shape index (κ1) is 12.8. The van der Waals surface area contributed by atoms with Crippen molar-refractivity contribution in [1.29, 1.82) is 0 Å². The Balaban J connectivity index is 2.26. The van der Waals surface area contributed by atoms with Crippen molar-refractivity contribution in [2.45, 2.75) is 52.1 Å². The molecule has 1 aliphatic rings. The first-order valence-electron chi connectivity index (χ1n) is 5.84. The highest BCUT2D eigenvalue weighted by Crippen LogP contribution is 2.20. The molecule has 0 spiro atoms. The van der Waals surface area contributed by atoms with Crippen molar-refractivity contribution in [2.24, 2.45) is 0 Å². The topological polar surface area (TPSA) is 35.5 Å². The largest absolute Gasteiger partial charge is 0.498 e. The van der Waals surface area contributed by atoms with Crippen LogP contribution in [0.15, 0.2) is 24.2 Å². The molecule has 0 aliphatic heterocycles. The highest BCUT2D eigenvalue weighted by atomic mass is 16.5. The Bertz CT molecular complexity index is 273. The maximum Gasteiger partial charge on any atom is 0.307 e. The third kappa shape index (κ3) is 5.59. The van der Waals surface area contributed by atoms with Gasteiger partial charge in [0.1, 0.15) is 0 Å². The number of hydrogen-bond acceptors (Lipinski definition) is 3. The fraction of sp³-hybridized carbons (Fsp3) is 0.615. The van der Waals surface area contributed by atoms with Gasteiger partial charge in [-0.1, -0.05) is 6.42 Å². The number of carbonyl (C=O) groups is 1. The van der Waals surface area contributed by atoms with Crippen molar-refractivity contribution in [3.63, 3.8) is 0 Å². The van der Waals surface area contributed by atoms with Crippen molar-refractivity contribution in [3.8, 4) is 0 Å². The number of hydrogen-bond donors (Lipinski definition) is 0. The maximum absolute atomic E-state index is 10.5. The van der Waals surface area contributed by atoms with Crippen LogP contribution in [0.5, 0.6) is 0 Å². The quantitative estimate of drug-likeness (QED) is 0.417. The summed E-state index contributed by atoms with van der Waals surface area (Å²) in [6.45, 7) is 3.30. The van der Waals surface area contributed by atoms with Gasteiger partial charge in [0, 0.05) is 6.92 Å². The Hall–Kier alpha value is -1.25. The van der Waals surface area contributed by atoms with E-state index in [0.717, 1.165) is 18.4 Å². The van der Waals surface area contributed by atoms with Gasteiger partial charge in [0.15, 0.2) is 0 Å². The Morgan fingerprint density at radius 2 is 1.88 bits per heavy atom. The van der Waals surface area contributed by atoms with Crippen LogP contribution in [0.25, 0.3) is 0 Å². The van der Waals surface area contributed by atoms with E-state index in [9.17, 15) is 4.79 Å². The molecule has 16 heavy (non-hydrogen) atoms. The summed E-state index contributed by atoms with van der Waals surface area (Å²) in [5, 5.41) is 0. The molecule has 0 aromatic heterocycles. The number of ether oxygens (including phenoxy) is 2. The second kappa shape index (κ2) is 7.09. The van der Waals surface area contributed by atoms with Crippen LogP contribution >= 0.6 is 0 Å². The minimum atomic E-state index is -0.308. The van der Waals surface area contributed by atoms with Gasteiger partial charge in [-0.3, -0.25) is 4.79 Å². The lowest BCUT2D eigenvalue weighted by Crippen LogP contribution is -2.13. The lowest BCUT2D eigenvalue weighted by Gasteiger charge is -2.21. The van der Waals surface area contributed by atoms with Gasteiger partial charge in [-0.15, -0.1) is 0 Å². The van der Waals surface area contributed by atoms with Crippen LogP contribution in [0, 0.1) is 0 Å². The highest BCUT2D eigenvalue weighted by Gasteiger charge is 2.12. The van der Waals surface area contributed by atoms with Crippen LogP contribution in [0.1, 0.15) is 46.0 Å². The summed E-state index contributed by atoms with van der Waals surface area (Å²) in [4.78, 5) is 10.5. The Labute approximate surface area is 97.1 Å². The molecule has 1 rings (SSSR count). The van der Waals surface area contributed by atoms with Crippen molar-refractivity contribution in [2.75, 3.05) is 0 Å². The molecule has 0 amide bonds. The van der Waals surface area contributed by atoms with Crippen molar-refractivity contribution >= 4 is 5.97 Å². The van der Waals surface area contributed by atoms with Crippen LogP contribution < -0.4 is 0 Å². The molecule has 0 aromatic carbocycles. The van der Waals surface area contributed by atoms with E-state index >= 15 is 0 Å². The smallest absolute Gasteiger partial charge is 0.307 e. The third-order valence-electron chi connectivity index (χ3n) is 2.56. The summed E-state index contributed by atoms with van der Waals surface area (Å²) in [6.07, 6.45) is 11.4. The van der Waals surface area contributed by atoms with Crippen LogP contribution in [0.2, 0.25) is 0 Å². The van der Waals surface area contributed by atoms with Crippen LogP contribution in [-0.4, -0.2) is 12.1 Å². The molecule has 0 aromatic rings. The zero-order chi connectivity index (χ0) is 11.8. The standard InChI is InChI=1S/C13H20O3/c1-11(8-9-15-12(2)14)10-16-13-6-4-3-5-7-13/h8-10,13H,3-7H2,1-2H3/b9-8-,11-10-. The van der Waals surface area contributed by atoms with Crippen molar-refractivity contribution < 1.29 is 14.3 Å². The first-order chi connectivity index (χ1) is 7.68. The highest BCUT2D eigenvalue weighted by molar-refractivity contribution is 5.66. The molecule has 90 valence electrons. The molecule has 0 unspecified atom stereocenters. The van der Waals surface area contributed by atoms with E-state index in [0.29, 0.717) is 6.10 Å². The lowest BCUT2D eigenvalue weighted by atomic mass is 9.98. The molecule has 1 aliphatic carbocycles. The van der Waals surface area contributed by atoms with Crippen LogP contribution in [0.3, 0.4) is 0 Å². The van der Waals surface area contributed by atoms with E-state index in [4.69, 9.17) is 4.74 Å². The first-order valence-corrected chi connectivity index (χ1v) is 5.84. The van der Waals surface area contributed by atoms with E-state index < -0.39 is 0 Å². The molecular weight excluding hydrogens is 204 g/mol. The SMILES string of the molecule is CC(=O)O/C=C\C(C)=C/OC1CCCCC1. The molecule has 3 nitrogen and oxygen atoms in total. The van der Waals surface area contributed by atoms with Gasteiger partial charge in [0.05, 0.1) is 18.6 Å². The normalized spacial score (nSPS) is 18.8. The monoisotopic (exact) mass is 224 g/mol. The summed E-state index contributed by atoms with van der Waals surface area (Å²) in [6, 6.07) is 0. The van der Waals surface area contributed by atoms with E-state index in [1.807, 2.05) is 6.92 Å². The van der Waals surface area contributed by atoms with E-state index in [1.54, 1.807) is 12.3 Å². The van der Waals surface area contributed by atoms with Crippen LogP contribution in [0.4, 0.5) is 0 Å². The Morgan fingerprint density at radius 3 is 2.50 bits per heavy atom.